The van der Waals surface area contributed by atoms with Crippen LogP contribution in [-0.2, 0) is 0 Å². The lowest BCUT2D eigenvalue weighted by Gasteiger charge is -2.09. The van der Waals surface area contributed by atoms with Gasteiger partial charge in [0.1, 0.15) is 17.9 Å². The summed E-state index contributed by atoms with van der Waals surface area (Å²) in [4.78, 5) is 31.9. The third kappa shape index (κ3) is 4.54. The number of nitrogens with one attached hydrogen (secondary N) is 2. The summed E-state index contributed by atoms with van der Waals surface area (Å²) < 4.78 is 5.14. The molecule has 28 heavy (non-hydrogen) atoms. The first kappa shape index (κ1) is 19.1. The van der Waals surface area contributed by atoms with Crippen LogP contribution in [0.25, 0.3) is 11.3 Å². The summed E-state index contributed by atoms with van der Waals surface area (Å²) in [6.45, 7) is 0. The molecule has 0 spiro atoms. The number of rotatable bonds is 5. The number of urea groups is 1. The van der Waals surface area contributed by atoms with Gasteiger partial charge in [-0.2, -0.15) is 0 Å². The Bertz CT molecular complexity index is 1020. The second-order valence-corrected chi connectivity index (χ2v) is 6.06. The SMILES string of the molecule is COc1ccc(-c2cc(NC(=O)c3cc(NC(N)=O)ccc3Cl)ncn2)cc1. The molecule has 0 fully saturated rings. The van der Waals surface area contributed by atoms with Crippen LogP contribution in [0.2, 0.25) is 5.02 Å². The first-order valence-corrected chi connectivity index (χ1v) is 8.48. The number of nitrogens with two attached hydrogens (primary N) is 1. The van der Waals surface area contributed by atoms with Crippen LogP contribution in [0.5, 0.6) is 5.75 Å². The summed E-state index contributed by atoms with van der Waals surface area (Å²) >= 11 is 6.10. The molecule has 0 aliphatic heterocycles. The Balaban J connectivity index is 1.82. The lowest BCUT2D eigenvalue weighted by molar-refractivity contribution is 0.102. The van der Waals surface area contributed by atoms with Gasteiger partial charge in [0.2, 0.25) is 0 Å². The molecule has 0 saturated carbocycles. The van der Waals surface area contributed by atoms with Crippen LogP contribution in [0.4, 0.5) is 16.3 Å². The fourth-order valence-electron chi connectivity index (χ4n) is 2.45. The lowest BCUT2D eigenvalue weighted by Crippen LogP contribution is -2.20. The number of amides is 3. The molecule has 9 heteroatoms. The summed E-state index contributed by atoms with van der Waals surface area (Å²) in [5, 5.41) is 5.28. The van der Waals surface area contributed by atoms with Crippen molar-refractivity contribution in [3.63, 3.8) is 0 Å². The zero-order valence-corrected chi connectivity index (χ0v) is 15.5. The maximum Gasteiger partial charge on any atom is 0.316 e. The maximum atomic E-state index is 12.6. The Morgan fingerprint density at radius 2 is 1.79 bits per heavy atom. The highest BCUT2D eigenvalue weighted by atomic mass is 35.5. The number of aromatic nitrogens is 2. The van der Waals surface area contributed by atoms with Crippen molar-refractivity contribution in [3.05, 3.63) is 65.4 Å². The number of carbonyl (C=O) groups excluding carboxylic acids is 2. The molecule has 0 saturated heterocycles. The number of ether oxygens (including phenoxy) is 1. The first-order valence-electron chi connectivity index (χ1n) is 8.10. The van der Waals surface area contributed by atoms with Crippen LogP contribution in [0.15, 0.2) is 54.9 Å². The van der Waals surface area contributed by atoms with E-state index in [0.717, 1.165) is 11.3 Å². The molecule has 0 bridgehead atoms. The Kier molecular flexibility index (Phi) is 5.71. The number of benzene rings is 2. The third-order valence-corrected chi connectivity index (χ3v) is 4.10. The van der Waals surface area contributed by atoms with Crippen LogP contribution in [-0.4, -0.2) is 29.0 Å². The first-order chi connectivity index (χ1) is 13.5. The van der Waals surface area contributed by atoms with Crippen molar-refractivity contribution < 1.29 is 14.3 Å². The Labute approximate surface area is 165 Å². The molecule has 0 radical (unpaired) electrons. The highest BCUT2D eigenvalue weighted by Gasteiger charge is 2.13. The van der Waals surface area contributed by atoms with E-state index in [1.54, 1.807) is 13.2 Å². The number of halogens is 1. The van der Waals surface area contributed by atoms with Crippen molar-refractivity contribution in [2.45, 2.75) is 0 Å². The molecule has 0 atom stereocenters. The van der Waals surface area contributed by atoms with E-state index >= 15 is 0 Å². The highest BCUT2D eigenvalue weighted by molar-refractivity contribution is 6.34. The normalized spacial score (nSPS) is 10.2. The van der Waals surface area contributed by atoms with E-state index in [9.17, 15) is 9.59 Å². The van der Waals surface area contributed by atoms with Gasteiger partial charge < -0.3 is 21.1 Å². The van der Waals surface area contributed by atoms with E-state index < -0.39 is 11.9 Å². The predicted molar refractivity (Wildman–Crippen MR) is 107 cm³/mol. The number of anilines is 2. The van der Waals surface area contributed by atoms with Gasteiger partial charge in [0.15, 0.2) is 0 Å². The number of primary amides is 1. The Hall–Kier alpha value is -3.65. The fourth-order valence-corrected chi connectivity index (χ4v) is 2.65. The van der Waals surface area contributed by atoms with Crippen molar-refractivity contribution in [2.75, 3.05) is 17.7 Å². The summed E-state index contributed by atoms with van der Waals surface area (Å²) in [6.07, 6.45) is 1.35. The smallest absolute Gasteiger partial charge is 0.316 e. The Morgan fingerprint density at radius 3 is 2.46 bits per heavy atom. The quantitative estimate of drug-likeness (QED) is 0.608. The zero-order chi connectivity index (χ0) is 20.1. The number of hydrogen-bond donors (Lipinski definition) is 3. The molecule has 4 N–H and O–H groups in total. The fraction of sp³-hybridized carbons (Fsp3) is 0.0526. The largest absolute Gasteiger partial charge is 0.497 e. The van der Waals surface area contributed by atoms with Crippen LogP contribution in [0.1, 0.15) is 10.4 Å². The average Bonchev–Trinajstić information content (AvgIpc) is 2.69. The van der Waals surface area contributed by atoms with E-state index in [1.807, 2.05) is 24.3 Å². The van der Waals surface area contributed by atoms with Crippen molar-refractivity contribution in [3.8, 4) is 17.0 Å². The lowest BCUT2D eigenvalue weighted by atomic mass is 10.1. The maximum absolute atomic E-state index is 12.6. The van der Waals surface area contributed by atoms with Crippen LogP contribution >= 0.6 is 11.6 Å². The molecule has 1 heterocycles. The number of carbonyl (C=O) groups is 2. The van der Waals surface area contributed by atoms with Gasteiger partial charge in [-0.15, -0.1) is 0 Å². The molecule has 0 aliphatic carbocycles. The molecule has 2 aromatic carbocycles. The standard InChI is InChI=1S/C19H16ClN5O3/c1-28-13-5-2-11(3-6-13)16-9-17(23-10-22-16)25-18(26)14-8-12(24-19(21)27)4-7-15(14)20/h2-10H,1H3,(H3,21,24,27)(H,22,23,25,26). The van der Waals surface area contributed by atoms with Gasteiger partial charge in [-0.3, -0.25) is 4.79 Å². The predicted octanol–water partition coefficient (Wildman–Crippen LogP) is 3.55. The molecular formula is C19H16ClN5O3. The summed E-state index contributed by atoms with van der Waals surface area (Å²) in [5.41, 5.74) is 7.07. The minimum atomic E-state index is -0.742. The molecule has 3 aromatic rings. The van der Waals surface area contributed by atoms with Gasteiger partial charge in [0.05, 0.1) is 23.4 Å². The monoisotopic (exact) mass is 397 g/mol. The summed E-state index contributed by atoms with van der Waals surface area (Å²) in [6, 6.07) is 12.7. The van der Waals surface area contributed by atoms with E-state index in [1.165, 1.54) is 24.5 Å². The highest BCUT2D eigenvalue weighted by Crippen LogP contribution is 2.24. The van der Waals surface area contributed by atoms with Crippen molar-refractivity contribution >= 4 is 35.0 Å². The average molecular weight is 398 g/mol. The molecule has 8 nitrogen and oxygen atoms in total. The zero-order valence-electron chi connectivity index (χ0n) is 14.8. The third-order valence-electron chi connectivity index (χ3n) is 3.77. The van der Waals surface area contributed by atoms with Gasteiger partial charge in [-0.05, 0) is 42.5 Å². The van der Waals surface area contributed by atoms with Crippen LogP contribution < -0.4 is 21.1 Å². The second-order valence-electron chi connectivity index (χ2n) is 5.65. The van der Waals surface area contributed by atoms with Gasteiger partial charge in [0.25, 0.3) is 5.91 Å². The number of methoxy groups -OCH3 is 1. The van der Waals surface area contributed by atoms with Crippen molar-refractivity contribution in [1.29, 1.82) is 0 Å². The van der Waals surface area contributed by atoms with E-state index in [0.29, 0.717) is 17.2 Å². The minimum Gasteiger partial charge on any atom is -0.497 e. The summed E-state index contributed by atoms with van der Waals surface area (Å²) in [5.74, 6) is 0.540. The second kappa shape index (κ2) is 8.36. The number of nitrogens with zero attached hydrogens (tertiary/aromatic N) is 2. The van der Waals surface area contributed by atoms with Crippen molar-refractivity contribution in [2.24, 2.45) is 5.73 Å². The van der Waals surface area contributed by atoms with Gasteiger partial charge >= 0.3 is 6.03 Å². The molecule has 142 valence electrons. The van der Waals surface area contributed by atoms with Crippen LogP contribution in [0.3, 0.4) is 0 Å². The molecule has 0 aliphatic rings. The van der Waals surface area contributed by atoms with Gasteiger partial charge in [0, 0.05) is 17.3 Å². The molecule has 3 rings (SSSR count). The Morgan fingerprint density at radius 1 is 1.04 bits per heavy atom. The number of hydrogen-bond acceptors (Lipinski definition) is 5. The summed E-state index contributed by atoms with van der Waals surface area (Å²) in [7, 11) is 1.59. The van der Waals surface area contributed by atoms with Crippen LogP contribution in [0, 0.1) is 0 Å². The molecule has 1 aromatic heterocycles. The van der Waals surface area contributed by atoms with Gasteiger partial charge in [-0.25, -0.2) is 14.8 Å². The molecular weight excluding hydrogens is 382 g/mol. The molecule has 0 unspecified atom stereocenters. The van der Waals surface area contributed by atoms with Gasteiger partial charge in [-0.1, -0.05) is 11.6 Å². The van der Waals surface area contributed by atoms with Crippen molar-refractivity contribution in [1.82, 2.24) is 9.97 Å². The minimum absolute atomic E-state index is 0.164. The van der Waals surface area contributed by atoms with E-state index in [4.69, 9.17) is 22.1 Å². The molecule has 3 amide bonds. The topological polar surface area (TPSA) is 119 Å². The van der Waals surface area contributed by atoms with E-state index in [2.05, 4.69) is 20.6 Å². The van der Waals surface area contributed by atoms with E-state index in [-0.39, 0.29) is 10.6 Å².